The number of alkyl halides is 2. The smallest absolute Gasteiger partial charge is 0.323 e. The number of anilines is 1. The van der Waals surface area contributed by atoms with Gasteiger partial charge in [0.2, 0.25) is 5.88 Å². The summed E-state index contributed by atoms with van der Waals surface area (Å²) in [5, 5.41) is 2.72. The maximum absolute atomic E-state index is 12.5. The third-order valence-corrected chi connectivity index (χ3v) is 4.27. The standard InChI is InChI=1S/C16H21F2N3O3/c17-13(18)10-24-15-7-1-6-14(19-15)20-16(22)21-8-2-4-11(21)12-5-3-9-23-12/h1,6-7,11-13H,2-5,8-10H2,(H,19,20,22)/t11-,12+/m0/s1. The molecule has 0 aromatic carbocycles. The van der Waals surface area contributed by atoms with Gasteiger partial charge in [0.15, 0.2) is 6.61 Å². The molecule has 24 heavy (non-hydrogen) atoms. The number of aromatic nitrogens is 1. The minimum atomic E-state index is -2.57. The highest BCUT2D eigenvalue weighted by Gasteiger charge is 2.36. The third-order valence-electron chi connectivity index (χ3n) is 4.27. The van der Waals surface area contributed by atoms with Crippen LogP contribution >= 0.6 is 0 Å². The summed E-state index contributed by atoms with van der Waals surface area (Å²) in [6, 6.07) is 4.52. The maximum Gasteiger partial charge on any atom is 0.323 e. The molecule has 8 heteroatoms. The Kier molecular flexibility index (Phi) is 5.44. The number of likely N-dealkylation sites (tertiary alicyclic amines) is 1. The Labute approximate surface area is 139 Å². The fraction of sp³-hybridized carbons (Fsp3) is 0.625. The van der Waals surface area contributed by atoms with E-state index in [2.05, 4.69) is 10.3 Å². The summed E-state index contributed by atoms with van der Waals surface area (Å²) >= 11 is 0. The fourth-order valence-corrected chi connectivity index (χ4v) is 3.23. The monoisotopic (exact) mass is 341 g/mol. The van der Waals surface area contributed by atoms with Gasteiger partial charge in [0, 0.05) is 19.2 Å². The highest BCUT2D eigenvalue weighted by Crippen LogP contribution is 2.28. The van der Waals surface area contributed by atoms with E-state index >= 15 is 0 Å². The van der Waals surface area contributed by atoms with Gasteiger partial charge in [-0.25, -0.2) is 13.6 Å². The molecular weight excluding hydrogens is 320 g/mol. The Morgan fingerprint density at radius 3 is 3.04 bits per heavy atom. The second kappa shape index (κ2) is 7.74. The number of hydrogen-bond acceptors (Lipinski definition) is 4. The average molecular weight is 341 g/mol. The summed E-state index contributed by atoms with van der Waals surface area (Å²) in [5.74, 6) is 0.343. The first-order valence-electron chi connectivity index (χ1n) is 8.21. The Hall–Kier alpha value is -1.96. The first-order chi connectivity index (χ1) is 11.6. The number of pyridine rings is 1. The Morgan fingerprint density at radius 2 is 2.29 bits per heavy atom. The summed E-state index contributed by atoms with van der Waals surface area (Å²) in [4.78, 5) is 18.3. The van der Waals surface area contributed by atoms with Gasteiger partial charge in [-0.05, 0) is 31.7 Å². The van der Waals surface area contributed by atoms with Crippen LogP contribution in [0.1, 0.15) is 25.7 Å². The molecule has 2 fully saturated rings. The molecule has 0 bridgehead atoms. The van der Waals surface area contributed by atoms with Gasteiger partial charge in [-0.15, -0.1) is 0 Å². The zero-order valence-electron chi connectivity index (χ0n) is 13.3. The molecule has 1 N–H and O–H groups in total. The van der Waals surface area contributed by atoms with E-state index in [0.29, 0.717) is 6.54 Å². The second-order valence-corrected chi connectivity index (χ2v) is 5.95. The minimum Gasteiger partial charge on any atom is -0.472 e. The maximum atomic E-state index is 12.5. The molecule has 0 spiro atoms. The number of urea groups is 1. The van der Waals surface area contributed by atoms with Crippen LogP contribution in [0.15, 0.2) is 18.2 Å². The lowest BCUT2D eigenvalue weighted by Crippen LogP contribution is -2.44. The van der Waals surface area contributed by atoms with Gasteiger partial charge in [-0.1, -0.05) is 6.07 Å². The molecule has 1 aromatic rings. The lowest BCUT2D eigenvalue weighted by molar-refractivity contribution is 0.0542. The summed E-state index contributed by atoms with van der Waals surface area (Å²) in [5.41, 5.74) is 0. The van der Waals surface area contributed by atoms with Crippen LogP contribution < -0.4 is 10.1 Å². The number of rotatable bonds is 5. The van der Waals surface area contributed by atoms with Gasteiger partial charge in [0.05, 0.1) is 12.1 Å². The largest absolute Gasteiger partial charge is 0.472 e. The summed E-state index contributed by atoms with van der Waals surface area (Å²) in [6.07, 6.45) is 1.42. The van der Waals surface area contributed by atoms with E-state index in [9.17, 15) is 13.6 Å². The van der Waals surface area contributed by atoms with Crippen molar-refractivity contribution in [2.75, 3.05) is 25.1 Å². The van der Waals surface area contributed by atoms with Crippen LogP contribution in [0.4, 0.5) is 19.4 Å². The van der Waals surface area contributed by atoms with Crippen LogP contribution in [0, 0.1) is 0 Å². The van der Waals surface area contributed by atoms with Crippen molar-refractivity contribution in [1.82, 2.24) is 9.88 Å². The van der Waals surface area contributed by atoms with Crippen LogP contribution in [0.25, 0.3) is 0 Å². The van der Waals surface area contributed by atoms with Crippen LogP contribution in [0.3, 0.4) is 0 Å². The number of ether oxygens (including phenoxy) is 2. The number of amides is 2. The molecule has 0 unspecified atom stereocenters. The molecule has 0 saturated carbocycles. The predicted molar refractivity (Wildman–Crippen MR) is 83.5 cm³/mol. The third kappa shape index (κ3) is 4.11. The van der Waals surface area contributed by atoms with Gasteiger partial charge in [0.25, 0.3) is 6.43 Å². The van der Waals surface area contributed by atoms with E-state index in [0.717, 1.165) is 32.3 Å². The number of carbonyl (C=O) groups is 1. The lowest BCUT2D eigenvalue weighted by atomic mass is 10.1. The van der Waals surface area contributed by atoms with Gasteiger partial charge in [-0.3, -0.25) is 5.32 Å². The van der Waals surface area contributed by atoms with Gasteiger partial charge < -0.3 is 14.4 Å². The van der Waals surface area contributed by atoms with Crippen molar-refractivity contribution in [3.63, 3.8) is 0 Å². The number of carbonyl (C=O) groups excluding carboxylic acids is 1. The lowest BCUT2D eigenvalue weighted by Gasteiger charge is -2.28. The minimum absolute atomic E-state index is 0.0604. The topological polar surface area (TPSA) is 63.7 Å². The Morgan fingerprint density at radius 1 is 1.42 bits per heavy atom. The predicted octanol–water partition coefficient (Wildman–Crippen LogP) is 2.90. The molecule has 2 atom stereocenters. The molecule has 3 rings (SSSR count). The van der Waals surface area contributed by atoms with Gasteiger partial charge in [-0.2, -0.15) is 4.98 Å². The highest BCUT2D eigenvalue weighted by atomic mass is 19.3. The van der Waals surface area contributed by atoms with E-state index in [1.807, 2.05) is 0 Å². The number of hydrogen-bond donors (Lipinski definition) is 1. The fourth-order valence-electron chi connectivity index (χ4n) is 3.23. The molecule has 2 aliphatic heterocycles. The van der Waals surface area contributed by atoms with Gasteiger partial charge >= 0.3 is 6.03 Å². The van der Waals surface area contributed by atoms with Crippen molar-refractivity contribution in [1.29, 1.82) is 0 Å². The zero-order chi connectivity index (χ0) is 16.9. The van der Waals surface area contributed by atoms with E-state index < -0.39 is 13.0 Å². The molecule has 2 saturated heterocycles. The average Bonchev–Trinajstić information content (AvgIpc) is 3.23. The molecule has 2 aliphatic rings. The van der Waals surface area contributed by atoms with E-state index in [-0.39, 0.29) is 29.9 Å². The zero-order valence-corrected chi connectivity index (χ0v) is 13.3. The molecule has 6 nitrogen and oxygen atoms in total. The van der Waals surface area contributed by atoms with E-state index in [4.69, 9.17) is 9.47 Å². The van der Waals surface area contributed by atoms with Crippen molar-refractivity contribution < 1.29 is 23.0 Å². The van der Waals surface area contributed by atoms with Crippen LogP contribution in [-0.2, 0) is 4.74 Å². The quantitative estimate of drug-likeness (QED) is 0.894. The summed E-state index contributed by atoms with van der Waals surface area (Å²) in [7, 11) is 0. The highest BCUT2D eigenvalue weighted by molar-refractivity contribution is 5.88. The molecule has 2 amide bonds. The Bertz CT molecular complexity index is 567. The normalized spacial score (nSPS) is 23.7. The van der Waals surface area contributed by atoms with E-state index in [1.165, 1.54) is 6.07 Å². The number of nitrogens with one attached hydrogen (secondary N) is 1. The number of nitrogens with zero attached hydrogens (tertiary/aromatic N) is 2. The van der Waals surface area contributed by atoms with Crippen LogP contribution in [0.2, 0.25) is 0 Å². The van der Waals surface area contributed by atoms with Crippen LogP contribution in [0.5, 0.6) is 5.88 Å². The van der Waals surface area contributed by atoms with Crippen molar-refractivity contribution in [3.05, 3.63) is 18.2 Å². The van der Waals surface area contributed by atoms with Crippen molar-refractivity contribution >= 4 is 11.8 Å². The summed E-state index contributed by atoms with van der Waals surface area (Å²) in [6.45, 7) is 0.706. The van der Waals surface area contributed by atoms with Crippen LogP contribution in [-0.4, -0.2) is 54.2 Å². The molecule has 3 heterocycles. The van der Waals surface area contributed by atoms with Crippen molar-refractivity contribution in [2.45, 2.75) is 44.3 Å². The SMILES string of the molecule is O=C(Nc1cccc(OCC(F)F)n1)N1CCC[C@H]1[C@H]1CCCO1. The Balaban J connectivity index is 1.60. The molecular formula is C16H21F2N3O3. The van der Waals surface area contributed by atoms with Crippen molar-refractivity contribution in [3.8, 4) is 5.88 Å². The summed E-state index contributed by atoms with van der Waals surface area (Å²) < 4.78 is 35.0. The van der Waals surface area contributed by atoms with E-state index in [1.54, 1.807) is 17.0 Å². The molecule has 0 radical (unpaired) electrons. The second-order valence-electron chi connectivity index (χ2n) is 5.95. The molecule has 132 valence electrons. The first kappa shape index (κ1) is 16.9. The molecule has 1 aromatic heterocycles. The number of halogens is 2. The first-order valence-corrected chi connectivity index (χ1v) is 8.21. The van der Waals surface area contributed by atoms with Gasteiger partial charge in [0.1, 0.15) is 5.82 Å². The molecule has 0 aliphatic carbocycles. The van der Waals surface area contributed by atoms with Crippen molar-refractivity contribution in [2.24, 2.45) is 0 Å².